The molecule has 0 aliphatic rings. The van der Waals surface area contributed by atoms with Gasteiger partial charge in [0.2, 0.25) is 0 Å². The lowest BCUT2D eigenvalue weighted by Crippen LogP contribution is -2.26. The fraction of sp³-hybridized carbons (Fsp3) is 0.188. The van der Waals surface area contributed by atoms with Gasteiger partial charge in [-0.15, -0.1) is 0 Å². The number of nitrogens with two attached hydrogens (primary N) is 1. The van der Waals surface area contributed by atoms with E-state index in [1.54, 1.807) is 24.3 Å². The van der Waals surface area contributed by atoms with Crippen molar-refractivity contribution >= 4 is 27.5 Å². The van der Waals surface area contributed by atoms with E-state index in [9.17, 15) is 9.18 Å². The lowest BCUT2D eigenvalue weighted by molar-refractivity contribution is 0.0953. The molecule has 0 aliphatic carbocycles. The Morgan fingerprint density at radius 1 is 1.29 bits per heavy atom. The third-order valence-electron chi connectivity index (χ3n) is 3.22. The van der Waals surface area contributed by atoms with Gasteiger partial charge in [0.05, 0.1) is 5.56 Å². The molecule has 0 saturated carbocycles. The summed E-state index contributed by atoms with van der Waals surface area (Å²) < 4.78 is 13.7. The van der Waals surface area contributed by atoms with E-state index in [1.165, 1.54) is 12.1 Å². The Morgan fingerprint density at radius 2 is 2.05 bits per heavy atom. The van der Waals surface area contributed by atoms with Crippen molar-refractivity contribution in [1.29, 1.82) is 0 Å². The molecule has 0 spiro atoms. The van der Waals surface area contributed by atoms with Gasteiger partial charge >= 0.3 is 0 Å². The van der Waals surface area contributed by atoms with Crippen molar-refractivity contribution in [3.05, 3.63) is 63.4 Å². The fourth-order valence-electron chi connectivity index (χ4n) is 2.06. The highest BCUT2D eigenvalue weighted by Crippen LogP contribution is 2.19. The molecule has 0 bridgehead atoms. The van der Waals surface area contributed by atoms with Gasteiger partial charge in [-0.25, -0.2) is 4.39 Å². The average molecular weight is 351 g/mol. The number of aryl methyl sites for hydroxylation is 1. The van der Waals surface area contributed by atoms with Crippen LogP contribution in [0.1, 0.15) is 21.5 Å². The Balaban J connectivity index is 1.97. The smallest absolute Gasteiger partial charge is 0.252 e. The maximum Gasteiger partial charge on any atom is 0.252 e. The number of rotatable bonds is 4. The molecule has 0 unspecified atom stereocenters. The summed E-state index contributed by atoms with van der Waals surface area (Å²) in [7, 11) is 0. The van der Waals surface area contributed by atoms with Crippen molar-refractivity contribution in [2.24, 2.45) is 0 Å². The number of carbonyl (C=O) groups is 1. The number of amides is 1. The second-order valence-electron chi connectivity index (χ2n) is 4.82. The highest BCUT2D eigenvalue weighted by Gasteiger charge is 2.10. The summed E-state index contributed by atoms with van der Waals surface area (Å²) >= 11 is 3.33. The summed E-state index contributed by atoms with van der Waals surface area (Å²) in [6.07, 6.45) is 0.651. The van der Waals surface area contributed by atoms with Crippen LogP contribution in [0.3, 0.4) is 0 Å². The number of halogens is 2. The molecule has 2 aromatic rings. The molecule has 0 atom stereocenters. The average Bonchev–Trinajstić information content (AvgIpc) is 2.43. The molecule has 3 N–H and O–H groups in total. The molecular weight excluding hydrogens is 335 g/mol. The predicted octanol–water partition coefficient (Wildman–Crippen LogP) is 3.45. The maximum atomic E-state index is 13.0. The first kappa shape index (κ1) is 15.5. The SMILES string of the molecule is Cc1cc(F)ccc1CCNC(=O)c1cc(N)ccc1Br. The van der Waals surface area contributed by atoms with E-state index in [4.69, 9.17) is 5.73 Å². The van der Waals surface area contributed by atoms with Gasteiger partial charge in [-0.1, -0.05) is 6.07 Å². The van der Waals surface area contributed by atoms with Crippen LogP contribution in [0.4, 0.5) is 10.1 Å². The molecule has 0 saturated heterocycles. The lowest BCUT2D eigenvalue weighted by atomic mass is 10.1. The van der Waals surface area contributed by atoms with Gasteiger partial charge in [0.1, 0.15) is 5.82 Å². The van der Waals surface area contributed by atoms with Gasteiger partial charge in [0.15, 0.2) is 0 Å². The Kier molecular flexibility index (Phi) is 4.96. The molecule has 0 radical (unpaired) electrons. The van der Waals surface area contributed by atoms with Gasteiger partial charge in [-0.2, -0.15) is 0 Å². The van der Waals surface area contributed by atoms with Gasteiger partial charge in [-0.3, -0.25) is 4.79 Å². The third kappa shape index (κ3) is 4.04. The van der Waals surface area contributed by atoms with Crippen LogP contribution < -0.4 is 11.1 Å². The number of hydrogen-bond donors (Lipinski definition) is 2. The van der Waals surface area contributed by atoms with E-state index >= 15 is 0 Å². The van der Waals surface area contributed by atoms with E-state index in [0.29, 0.717) is 28.7 Å². The Bertz CT molecular complexity index is 673. The molecule has 21 heavy (non-hydrogen) atoms. The highest BCUT2D eigenvalue weighted by molar-refractivity contribution is 9.10. The van der Waals surface area contributed by atoms with E-state index in [-0.39, 0.29) is 11.7 Å². The lowest BCUT2D eigenvalue weighted by Gasteiger charge is -2.09. The van der Waals surface area contributed by atoms with Crippen LogP contribution in [0.5, 0.6) is 0 Å². The van der Waals surface area contributed by atoms with Crippen molar-refractivity contribution < 1.29 is 9.18 Å². The summed E-state index contributed by atoms with van der Waals surface area (Å²) in [5.41, 5.74) is 8.63. The number of benzene rings is 2. The molecule has 0 fully saturated rings. The van der Waals surface area contributed by atoms with Crippen molar-refractivity contribution in [2.45, 2.75) is 13.3 Å². The first-order valence-corrected chi connectivity index (χ1v) is 7.35. The van der Waals surface area contributed by atoms with Crippen LogP contribution in [-0.4, -0.2) is 12.5 Å². The molecule has 0 aromatic heterocycles. The van der Waals surface area contributed by atoms with Crippen LogP contribution in [0.25, 0.3) is 0 Å². The van der Waals surface area contributed by atoms with Crippen LogP contribution in [0, 0.1) is 12.7 Å². The number of nitrogens with one attached hydrogen (secondary N) is 1. The zero-order valence-electron chi connectivity index (χ0n) is 11.6. The Morgan fingerprint density at radius 3 is 2.76 bits per heavy atom. The quantitative estimate of drug-likeness (QED) is 0.829. The maximum absolute atomic E-state index is 13.0. The van der Waals surface area contributed by atoms with Crippen molar-refractivity contribution in [3.63, 3.8) is 0 Å². The summed E-state index contributed by atoms with van der Waals surface area (Å²) in [6, 6.07) is 9.76. The molecule has 1 amide bonds. The number of hydrogen-bond acceptors (Lipinski definition) is 2. The summed E-state index contributed by atoms with van der Waals surface area (Å²) in [5, 5.41) is 2.84. The first-order valence-electron chi connectivity index (χ1n) is 6.55. The molecule has 2 aromatic carbocycles. The molecule has 0 aliphatic heterocycles. The molecule has 3 nitrogen and oxygen atoms in total. The number of anilines is 1. The second kappa shape index (κ2) is 6.72. The standard InChI is InChI=1S/C16H16BrFN2O/c1-10-8-12(18)3-2-11(10)6-7-20-16(21)14-9-13(19)4-5-15(14)17/h2-5,8-9H,6-7,19H2,1H3,(H,20,21). The van der Waals surface area contributed by atoms with Gasteiger partial charge in [0, 0.05) is 16.7 Å². The molecule has 110 valence electrons. The van der Waals surface area contributed by atoms with Crippen molar-refractivity contribution in [2.75, 3.05) is 12.3 Å². The monoisotopic (exact) mass is 350 g/mol. The van der Waals surface area contributed by atoms with Crippen LogP contribution in [0.15, 0.2) is 40.9 Å². The zero-order valence-corrected chi connectivity index (χ0v) is 13.2. The van der Waals surface area contributed by atoms with Crippen molar-refractivity contribution in [3.8, 4) is 0 Å². The topological polar surface area (TPSA) is 55.1 Å². The van der Waals surface area contributed by atoms with Crippen LogP contribution in [-0.2, 0) is 6.42 Å². The minimum atomic E-state index is -0.246. The molecular formula is C16H16BrFN2O. The first-order chi connectivity index (χ1) is 9.97. The Labute approximate surface area is 131 Å². The summed E-state index contributed by atoms with van der Waals surface area (Å²) in [6.45, 7) is 2.33. The third-order valence-corrected chi connectivity index (χ3v) is 3.91. The van der Waals surface area contributed by atoms with Crippen LogP contribution in [0.2, 0.25) is 0 Å². The summed E-state index contributed by atoms with van der Waals surface area (Å²) in [5.74, 6) is -0.432. The number of carbonyl (C=O) groups excluding carboxylic acids is 1. The Hall–Kier alpha value is -1.88. The van der Waals surface area contributed by atoms with E-state index in [1.807, 2.05) is 6.92 Å². The molecule has 2 rings (SSSR count). The van der Waals surface area contributed by atoms with Gasteiger partial charge < -0.3 is 11.1 Å². The minimum absolute atomic E-state index is 0.186. The van der Waals surface area contributed by atoms with E-state index < -0.39 is 0 Å². The zero-order chi connectivity index (χ0) is 15.4. The van der Waals surface area contributed by atoms with E-state index in [0.717, 1.165) is 11.1 Å². The normalized spacial score (nSPS) is 10.4. The number of nitrogen functional groups attached to an aromatic ring is 1. The minimum Gasteiger partial charge on any atom is -0.399 e. The predicted molar refractivity (Wildman–Crippen MR) is 85.7 cm³/mol. The van der Waals surface area contributed by atoms with E-state index in [2.05, 4.69) is 21.2 Å². The molecule has 5 heteroatoms. The highest BCUT2D eigenvalue weighted by atomic mass is 79.9. The van der Waals surface area contributed by atoms with Crippen molar-refractivity contribution in [1.82, 2.24) is 5.32 Å². The fourth-order valence-corrected chi connectivity index (χ4v) is 2.49. The summed E-state index contributed by atoms with van der Waals surface area (Å²) in [4.78, 5) is 12.1. The largest absolute Gasteiger partial charge is 0.399 e. The van der Waals surface area contributed by atoms with Crippen LogP contribution >= 0.6 is 15.9 Å². The molecule has 0 heterocycles. The van der Waals surface area contributed by atoms with Gasteiger partial charge in [-0.05, 0) is 70.7 Å². The van der Waals surface area contributed by atoms with Gasteiger partial charge in [0.25, 0.3) is 5.91 Å². The second-order valence-corrected chi connectivity index (χ2v) is 5.67.